The van der Waals surface area contributed by atoms with Crippen LogP contribution in [0.2, 0.25) is 0 Å². The molecule has 2 aliphatic rings. The number of ether oxygens (including phenoxy) is 1. The van der Waals surface area contributed by atoms with Crippen molar-refractivity contribution in [3.63, 3.8) is 0 Å². The average molecular weight is 465 g/mol. The van der Waals surface area contributed by atoms with Gasteiger partial charge in [-0.3, -0.25) is 9.59 Å². The molecule has 1 saturated carbocycles. The van der Waals surface area contributed by atoms with E-state index in [1.807, 2.05) is 31.2 Å². The molecule has 0 bridgehead atoms. The Labute approximate surface area is 199 Å². The van der Waals surface area contributed by atoms with E-state index in [1.165, 1.54) is 0 Å². The second-order valence-electron chi connectivity index (χ2n) is 9.48. The van der Waals surface area contributed by atoms with Gasteiger partial charge >= 0.3 is 12.1 Å². The molecule has 2 unspecified atom stereocenters. The van der Waals surface area contributed by atoms with Crippen molar-refractivity contribution < 1.29 is 24.2 Å². The molecule has 34 heavy (non-hydrogen) atoms. The lowest BCUT2D eigenvalue weighted by atomic mass is 9.93. The van der Waals surface area contributed by atoms with E-state index in [0.29, 0.717) is 6.42 Å². The van der Waals surface area contributed by atoms with E-state index in [0.717, 1.165) is 41.5 Å². The standard InChI is InChI=1S/C27H32N2O5/c1-3-8-18(15-24(30)31)28-25(32)27(2,17-13-14-17)29-26(33)34-16-23-21-11-6-4-9-19(21)20-10-5-7-12-22(20)23/h4-7,9-12,17-18,23H,3,8,13-16H2,1-2H3,(H,28,32)(H,29,33)(H,30,31). The first-order valence-electron chi connectivity index (χ1n) is 12.0. The van der Waals surface area contributed by atoms with Crippen molar-refractivity contribution in [1.29, 1.82) is 0 Å². The van der Waals surface area contributed by atoms with Crippen LogP contribution in [0.15, 0.2) is 48.5 Å². The van der Waals surface area contributed by atoms with Crippen LogP contribution in [-0.4, -0.2) is 41.3 Å². The van der Waals surface area contributed by atoms with Crippen molar-refractivity contribution in [2.45, 2.75) is 63.5 Å². The van der Waals surface area contributed by atoms with Crippen LogP contribution < -0.4 is 10.6 Å². The van der Waals surface area contributed by atoms with Gasteiger partial charge in [0.2, 0.25) is 5.91 Å². The number of carbonyl (C=O) groups excluding carboxylic acids is 2. The van der Waals surface area contributed by atoms with Crippen molar-refractivity contribution in [2.24, 2.45) is 5.92 Å². The van der Waals surface area contributed by atoms with Crippen LogP contribution in [0.25, 0.3) is 11.1 Å². The molecule has 3 N–H and O–H groups in total. The molecule has 4 rings (SSSR count). The van der Waals surface area contributed by atoms with Crippen molar-refractivity contribution >= 4 is 18.0 Å². The largest absolute Gasteiger partial charge is 0.481 e. The van der Waals surface area contributed by atoms with Crippen LogP contribution >= 0.6 is 0 Å². The Bertz CT molecular complexity index is 1030. The highest BCUT2D eigenvalue weighted by Gasteiger charge is 2.49. The zero-order valence-corrected chi connectivity index (χ0v) is 19.7. The minimum atomic E-state index is -1.15. The lowest BCUT2D eigenvalue weighted by Crippen LogP contribution is -2.60. The number of amides is 2. The highest BCUT2D eigenvalue weighted by atomic mass is 16.5. The fourth-order valence-corrected chi connectivity index (χ4v) is 4.97. The fraction of sp³-hybridized carbons (Fsp3) is 0.444. The van der Waals surface area contributed by atoms with Gasteiger partial charge in [-0.2, -0.15) is 0 Å². The third-order valence-electron chi connectivity index (χ3n) is 6.96. The lowest BCUT2D eigenvalue weighted by molar-refractivity contribution is -0.138. The van der Waals surface area contributed by atoms with Gasteiger partial charge in [0.15, 0.2) is 0 Å². The monoisotopic (exact) mass is 464 g/mol. The van der Waals surface area contributed by atoms with Gasteiger partial charge < -0.3 is 20.5 Å². The summed E-state index contributed by atoms with van der Waals surface area (Å²) < 4.78 is 5.66. The molecule has 7 nitrogen and oxygen atoms in total. The molecule has 0 aliphatic heterocycles. The number of hydrogen-bond donors (Lipinski definition) is 3. The predicted molar refractivity (Wildman–Crippen MR) is 128 cm³/mol. The number of hydrogen-bond acceptors (Lipinski definition) is 4. The summed E-state index contributed by atoms with van der Waals surface area (Å²) in [6.07, 6.45) is 2.17. The average Bonchev–Trinajstić information content (AvgIpc) is 3.61. The predicted octanol–water partition coefficient (Wildman–Crippen LogP) is 4.45. The molecule has 0 aromatic heterocycles. The smallest absolute Gasteiger partial charge is 0.408 e. The van der Waals surface area contributed by atoms with E-state index in [2.05, 4.69) is 34.9 Å². The van der Waals surface area contributed by atoms with E-state index in [-0.39, 0.29) is 30.8 Å². The fourth-order valence-electron chi connectivity index (χ4n) is 4.97. The Kier molecular flexibility index (Phi) is 6.91. The number of aliphatic carboxylic acids is 1. The zero-order valence-electron chi connectivity index (χ0n) is 19.7. The van der Waals surface area contributed by atoms with Gasteiger partial charge in [-0.05, 0) is 54.4 Å². The van der Waals surface area contributed by atoms with E-state index < -0.39 is 23.6 Å². The van der Waals surface area contributed by atoms with Gasteiger partial charge in [-0.25, -0.2) is 4.79 Å². The van der Waals surface area contributed by atoms with Gasteiger partial charge in [0.05, 0.1) is 6.42 Å². The normalized spacial score (nSPS) is 17.1. The molecule has 0 spiro atoms. The first kappa shape index (κ1) is 23.8. The van der Waals surface area contributed by atoms with E-state index in [1.54, 1.807) is 6.92 Å². The van der Waals surface area contributed by atoms with E-state index in [4.69, 9.17) is 9.84 Å². The second-order valence-corrected chi connectivity index (χ2v) is 9.48. The van der Waals surface area contributed by atoms with Crippen molar-refractivity contribution in [3.8, 4) is 11.1 Å². The number of fused-ring (bicyclic) bond motifs is 3. The van der Waals surface area contributed by atoms with Crippen LogP contribution in [0.4, 0.5) is 4.79 Å². The second kappa shape index (κ2) is 9.87. The summed E-state index contributed by atoms with van der Waals surface area (Å²) in [5.41, 5.74) is 3.39. The first-order valence-corrected chi connectivity index (χ1v) is 12.0. The van der Waals surface area contributed by atoms with Crippen LogP contribution in [0, 0.1) is 5.92 Å². The lowest BCUT2D eigenvalue weighted by Gasteiger charge is -2.31. The molecule has 2 aromatic rings. The maximum atomic E-state index is 13.2. The maximum absolute atomic E-state index is 13.2. The molecule has 2 aliphatic carbocycles. The summed E-state index contributed by atoms with van der Waals surface area (Å²) in [5, 5.41) is 14.8. The number of carboxylic acids is 1. The Morgan fingerprint density at radius 3 is 2.18 bits per heavy atom. The third kappa shape index (κ3) is 4.93. The van der Waals surface area contributed by atoms with Gasteiger partial charge in [0.1, 0.15) is 12.1 Å². The minimum Gasteiger partial charge on any atom is -0.481 e. The van der Waals surface area contributed by atoms with Crippen molar-refractivity contribution in [1.82, 2.24) is 10.6 Å². The molecule has 0 radical (unpaired) electrons. The zero-order chi connectivity index (χ0) is 24.3. The Hall–Kier alpha value is -3.35. The van der Waals surface area contributed by atoms with Crippen LogP contribution in [0.3, 0.4) is 0 Å². The molecule has 1 fully saturated rings. The summed E-state index contributed by atoms with van der Waals surface area (Å²) in [6.45, 7) is 3.81. The summed E-state index contributed by atoms with van der Waals surface area (Å²) in [4.78, 5) is 37.2. The van der Waals surface area contributed by atoms with Gasteiger partial charge in [-0.15, -0.1) is 0 Å². The molecule has 180 valence electrons. The van der Waals surface area contributed by atoms with Gasteiger partial charge in [0.25, 0.3) is 0 Å². The highest BCUT2D eigenvalue weighted by Crippen LogP contribution is 2.44. The maximum Gasteiger partial charge on any atom is 0.408 e. The number of carboxylic acid groups (broad SMARTS) is 1. The van der Waals surface area contributed by atoms with E-state index >= 15 is 0 Å². The molecule has 2 atom stereocenters. The summed E-state index contributed by atoms with van der Waals surface area (Å²) >= 11 is 0. The molecular weight excluding hydrogens is 432 g/mol. The Morgan fingerprint density at radius 1 is 1.06 bits per heavy atom. The van der Waals surface area contributed by atoms with Crippen LogP contribution in [0.5, 0.6) is 0 Å². The molecular formula is C27H32N2O5. The minimum absolute atomic E-state index is 0.0000806. The van der Waals surface area contributed by atoms with Crippen molar-refractivity contribution in [3.05, 3.63) is 59.7 Å². The summed E-state index contributed by atoms with van der Waals surface area (Å²) in [5.74, 6) is -1.39. The highest BCUT2D eigenvalue weighted by molar-refractivity contribution is 5.91. The van der Waals surface area contributed by atoms with Gasteiger partial charge in [0, 0.05) is 12.0 Å². The first-order chi connectivity index (χ1) is 16.3. The molecule has 2 amide bonds. The number of carbonyl (C=O) groups is 3. The summed E-state index contributed by atoms with van der Waals surface area (Å²) in [6, 6.07) is 15.8. The topological polar surface area (TPSA) is 105 Å². The molecule has 0 saturated heterocycles. The van der Waals surface area contributed by atoms with E-state index in [9.17, 15) is 14.4 Å². The Balaban J connectivity index is 1.43. The molecule has 7 heteroatoms. The SMILES string of the molecule is CCCC(CC(=O)O)NC(=O)C(C)(NC(=O)OCC1c2ccccc2-c2ccccc21)C1CC1. The summed E-state index contributed by atoms with van der Waals surface area (Å²) in [7, 11) is 0. The molecule has 0 heterocycles. The van der Waals surface area contributed by atoms with Crippen molar-refractivity contribution in [2.75, 3.05) is 6.61 Å². The number of rotatable bonds is 10. The number of benzene rings is 2. The van der Waals surface area contributed by atoms with Crippen LogP contribution in [0.1, 0.15) is 63.0 Å². The third-order valence-corrected chi connectivity index (χ3v) is 6.96. The number of alkyl carbamates (subject to hydrolysis) is 1. The van der Waals surface area contributed by atoms with Gasteiger partial charge in [-0.1, -0.05) is 61.9 Å². The number of nitrogens with one attached hydrogen (secondary N) is 2. The Morgan fingerprint density at radius 2 is 1.65 bits per heavy atom. The van der Waals surface area contributed by atoms with Crippen LogP contribution in [-0.2, 0) is 14.3 Å². The molecule has 2 aromatic carbocycles. The quantitative estimate of drug-likeness (QED) is 0.482.